The summed E-state index contributed by atoms with van der Waals surface area (Å²) in [5, 5.41) is 0. The van der Waals surface area contributed by atoms with Crippen molar-refractivity contribution in [1.82, 2.24) is 0 Å². The van der Waals surface area contributed by atoms with Crippen LogP contribution in [-0.4, -0.2) is 5.97 Å². The maximum atomic E-state index is 12.4. The van der Waals surface area contributed by atoms with Gasteiger partial charge in [0.1, 0.15) is 0 Å². The molecule has 0 N–H and O–H groups in total. The zero-order valence-corrected chi connectivity index (χ0v) is 14.6. The number of carbonyl (C=O) groups is 1. The van der Waals surface area contributed by atoms with Crippen molar-refractivity contribution in [3.8, 4) is 5.75 Å². The summed E-state index contributed by atoms with van der Waals surface area (Å²) in [7, 11) is -2.57. The molecule has 2 aromatic rings. The van der Waals surface area contributed by atoms with Gasteiger partial charge in [0.15, 0.2) is 5.75 Å². The summed E-state index contributed by atoms with van der Waals surface area (Å²) in [5.41, 5.74) is 4.40. The van der Waals surface area contributed by atoms with Crippen molar-refractivity contribution in [2.45, 2.75) is 34.1 Å². The van der Waals surface area contributed by atoms with Crippen molar-refractivity contribution >= 4 is 14.2 Å². The largest absolute Gasteiger partial charge is 0.808 e. The van der Waals surface area contributed by atoms with E-state index in [1.807, 2.05) is 39.8 Å². The molecule has 23 heavy (non-hydrogen) atoms. The highest BCUT2D eigenvalue weighted by Crippen LogP contribution is 2.31. The van der Waals surface area contributed by atoms with Gasteiger partial charge in [0.25, 0.3) is 0 Å². The monoisotopic (exact) mass is 331 g/mol. The minimum atomic E-state index is -2.57. The summed E-state index contributed by atoms with van der Waals surface area (Å²) in [4.78, 5) is 12.4. The highest BCUT2D eigenvalue weighted by Gasteiger charge is 2.31. The quantitative estimate of drug-likeness (QED) is 0.718. The zero-order valence-electron chi connectivity index (χ0n) is 13.8. The molecule has 0 fully saturated rings. The standard InChI is InChI=1S/C18H20O4P/c1-5-16-12(2)11-13(3)17(14(16)4)18(19)22-23(20)21-15-9-7-6-8-10-15/h6-11H,5H2,1-4H3/q+1. The Bertz CT molecular complexity index is 738. The second-order valence-electron chi connectivity index (χ2n) is 5.35. The molecular weight excluding hydrogens is 311 g/mol. The molecule has 0 radical (unpaired) electrons. The first kappa shape index (κ1) is 17.2. The third kappa shape index (κ3) is 3.96. The Morgan fingerprint density at radius 3 is 2.35 bits per heavy atom. The Kier molecular flexibility index (Phi) is 5.51. The Balaban J connectivity index is 2.19. The molecule has 0 aliphatic carbocycles. The van der Waals surface area contributed by atoms with Crippen LogP contribution >= 0.6 is 8.25 Å². The average molecular weight is 331 g/mol. The lowest BCUT2D eigenvalue weighted by atomic mass is 9.92. The van der Waals surface area contributed by atoms with Crippen LogP contribution in [-0.2, 0) is 15.5 Å². The lowest BCUT2D eigenvalue weighted by molar-refractivity contribution is 0.0731. The van der Waals surface area contributed by atoms with Crippen molar-refractivity contribution in [2.24, 2.45) is 0 Å². The van der Waals surface area contributed by atoms with Crippen LogP contribution in [0.4, 0.5) is 0 Å². The van der Waals surface area contributed by atoms with E-state index >= 15 is 0 Å². The molecule has 5 heteroatoms. The first-order valence-corrected chi connectivity index (χ1v) is 8.55. The summed E-state index contributed by atoms with van der Waals surface area (Å²) in [6.07, 6.45) is 0.824. The Hall–Kier alpha value is -2.19. The van der Waals surface area contributed by atoms with Gasteiger partial charge in [-0.2, -0.15) is 4.52 Å². The van der Waals surface area contributed by atoms with Crippen molar-refractivity contribution < 1.29 is 18.4 Å². The number of para-hydroxylation sites is 1. The molecule has 0 saturated heterocycles. The van der Waals surface area contributed by atoms with Crippen molar-refractivity contribution in [3.05, 3.63) is 64.2 Å². The van der Waals surface area contributed by atoms with E-state index in [-0.39, 0.29) is 0 Å². The van der Waals surface area contributed by atoms with E-state index in [9.17, 15) is 9.36 Å². The van der Waals surface area contributed by atoms with E-state index in [0.29, 0.717) is 11.3 Å². The first-order chi connectivity index (χ1) is 10.9. The molecule has 4 nitrogen and oxygen atoms in total. The lowest BCUT2D eigenvalue weighted by Crippen LogP contribution is -2.09. The molecule has 2 rings (SSSR count). The van der Waals surface area contributed by atoms with Crippen LogP contribution in [0.15, 0.2) is 36.4 Å². The minimum absolute atomic E-state index is 0.396. The molecule has 0 heterocycles. The number of hydrogen-bond donors (Lipinski definition) is 0. The van der Waals surface area contributed by atoms with Crippen LogP contribution in [0.2, 0.25) is 0 Å². The van der Waals surface area contributed by atoms with E-state index < -0.39 is 14.2 Å². The van der Waals surface area contributed by atoms with Crippen LogP contribution < -0.4 is 4.52 Å². The molecule has 120 valence electrons. The second-order valence-corrected chi connectivity index (χ2v) is 6.16. The lowest BCUT2D eigenvalue weighted by Gasteiger charge is -2.13. The van der Waals surface area contributed by atoms with Gasteiger partial charge in [-0.15, -0.1) is 0 Å². The molecule has 0 spiro atoms. The fraction of sp³-hybridized carbons (Fsp3) is 0.278. The third-order valence-electron chi connectivity index (χ3n) is 3.77. The molecule has 0 amide bonds. The van der Waals surface area contributed by atoms with Gasteiger partial charge in [0.2, 0.25) is 0 Å². The Morgan fingerprint density at radius 1 is 1.09 bits per heavy atom. The molecule has 0 bridgehead atoms. The topological polar surface area (TPSA) is 52.6 Å². The van der Waals surface area contributed by atoms with E-state index in [1.54, 1.807) is 24.3 Å². The predicted octanol–water partition coefficient (Wildman–Crippen LogP) is 5.07. The fourth-order valence-electron chi connectivity index (χ4n) is 2.78. The van der Waals surface area contributed by atoms with Gasteiger partial charge in [-0.25, -0.2) is 9.32 Å². The van der Waals surface area contributed by atoms with Gasteiger partial charge in [-0.3, -0.25) is 0 Å². The normalized spacial score (nSPS) is 11.0. The Labute approximate surface area is 137 Å². The minimum Gasteiger partial charge on any atom is -0.241 e. The molecule has 0 aliphatic heterocycles. The summed E-state index contributed by atoms with van der Waals surface area (Å²) >= 11 is 0. The highest BCUT2D eigenvalue weighted by atomic mass is 31.1. The first-order valence-electron chi connectivity index (χ1n) is 7.46. The average Bonchev–Trinajstić information content (AvgIpc) is 2.47. The van der Waals surface area contributed by atoms with E-state index in [2.05, 4.69) is 0 Å². The molecule has 1 atom stereocenters. The Morgan fingerprint density at radius 2 is 1.74 bits per heavy atom. The number of carbonyl (C=O) groups excluding carboxylic acids is 1. The van der Waals surface area contributed by atoms with Crippen LogP contribution in [0.5, 0.6) is 5.75 Å². The summed E-state index contributed by atoms with van der Waals surface area (Å²) in [6.45, 7) is 7.80. The van der Waals surface area contributed by atoms with Gasteiger partial charge in [0, 0.05) is 4.57 Å². The number of aryl methyl sites for hydroxylation is 2. The van der Waals surface area contributed by atoms with E-state index in [4.69, 9.17) is 9.05 Å². The summed E-state index contributed by atoms with van der Waals surface area (Å²) in [5.74, 6) is -0.222. The number of rotatable bonds is 5. The molecule has 2 aromatic carbocycles. The zero-order chi connectivity index (χ0) is 17.0. The van der Waals surface area contributed by atoms with Crippen molar-refractivity contribution in [3.63, 3.8) is 0 Å². The molecule has 0 aliphatic rings. The number of benzene rings is 2. The van der Waals surface area contributed by atoms with E-state index in [0.717, 1.165) is 28.7 Å². The maximum Gasteiger partial charge on any atom is 0.808 e. The van der Waals surface area contributed by atoms with E-state index in [1.165, 1.54) is 0 Å². The highest BCUT2D eigenvalue weighted by molar-refractivity contribution is 7.34. The van der Waals surface area contributed by atoms with Gasteiger partial charge < -0.3 is 0 Å². The van der Waals surface area contributed by atoms with Crippen molar-refractivity contribution in [1.29, 1.82) is 0 Å². The van der Waals surface area contributed by atoms with Gasteiger partial charge in [0.05, 0.1) is 5.56 Å². The molecular formula is C18H20O4P+. The van der Waals surface area contributed by atoms with Crippen LogP contribution in [0, 0.1) is 20.8 Å². The van der Waals surface area contributed by atoms with Crippen LogP contribution in [0.25, 0.3) is 0 Å². The fourth-order valence-corrected chi connectivity index (χ4v) is 3.34. The second kappa shape index (κ2) is 7.38. The SMILES string of the molecule is CCc1c(C)cc(C)c(C(=O)O[P+](=O)Oc2ccccc2)c1C. The van der Waals surface area contributed by atoms with Gasteiger partial charge in [-0.1, -0.05) is 31.2 Å². The summed E-state index contributed by atoms with van der Waals surface area (Å²) in [6, 6.07) is 10.6. The van der Waals surface area contributed by atoms with Gasteiger partial charge >= 0.3 is 14.2 Å². The van der Waals surface area contributed by atoms with Crippen molar-refractivity contribution in [2.75, 3.05) is 0 Å². The number of hydrogen-bond acceptors (Lipinski definition) is 4. The maximum absolute atomic E-state index is 12.4. The van der Waals surface area contributed by atoms with Gasteiger partial charge in [-0.05, 0) is 61.6 Å². The molecule has 0 saturated carbocycles. The predicted molar refractivity (Wildman–Crippen MR) is 90.1 cm³/mol. The molecule has 0 aromatic heterocycles. The third-order valence-corrected chi connectivity index (χ3v) is 4.44. The van der Waals surface area contributed by atoms with Crippen LogP contribution in [0.1, 0.15) is 39.5 Å². The van der Waals surface area contributed by atoms with Crippen LogP contribution in [0.3, 0.4) is 0 Å². The molecule has 1 unspecified atom stereocenters. The smallest absolute Gasteiger partial charge is 0.241 e. The summed E-state index contributed by atoms with van der Waals surface area (Å²) < 4.78 is 22.0.